The second-order valence-corrected chi connectivity index (χ2v) is 5.52. The largest absolute Gasteiger partial charge is 0.457 e. The second-order valence-electron chi connectivity index (χ2n) is 4.66. The molecule has 0 bridgehead atoms. The van der Waals surface area contributed by atoms with Crippen molar-refractivity contribution >= 4 is 28.5 Å². The van der Waals surface area contributed by atoms with E-state index in [2.05, 4.69) is 15.5 Å². The van der Waals surface area contributed by atoms with Gasteiger partial charge >= 0.3 is 0 Å². The van der Waals surface area contributed by atoms with Crippen LogP contribution in [-0.2, 0) is 0 Å². The molecule has 5 nitrogen and oxygen atoms in total. The van der Waals surface area contributed by atoms with E-state index >= 15 is 0 Å². The lowest BCUT2D eigenvalue weighted by Crippen LogP contribution is -1.95. The van der Waals surface area contributed by atoms with E-state index in [-0.39, 0.29) is 5.75 Å². The van der Waals surface area contributed by atoms with E-state index < -0.39 is 11.6 Å². The summed E-state index contributed by atoms with van der Waals surface area (Å²) in [5, 5.41) is 6.31. The highest BCUT2D eigenvalue weighted by molar-refractivity contribution is 7.14. The summed E-state index contributed by atoms with van der Waals surface area (Å²) in [5.41, 5.74) is 8.93. The second kappa shape index (κ2) is 7.05. The first-order chi connectivity index (χ1) is 11.6. The standard InChI is InChI=1S/C16H12F2N4OS/c17-12-6-5-11(7-13(12)18)23-14-4-2-1-3-10(14)8-20-22-16-21-15(19)9-24-16/h1-9H,19H2,(H,21,22). The van der Waals surface area contributed by atoms with E-state index in [1.54, 1.807) is 29.6 Å². The van der Waals surface area contributed by atoms with E-state index in [1.807, 2.05) is 0 Å². The monoisotopic (exact) mass is 346 g/mol. The summed E-state index contributed by atoms with van der Waals surface area (Å²) in [6.45, 7) is 0. The lowest BCUT2D eigenvalue weighted by molar-refractivity contribution is 0.461. The van der Waals surface area contributed by atoms with Gasteiger partial charge in [-0.25, -0.2) is 13.8 Å². The number of halogens is 2. The van der Waals surface area contributed by atoms with E-state index in [0.29, 0.717) is 22.3 Å². The van der Waals surface area contributed by atoms with Crippen LogP contribution < -0.4 is 15.9 Å². The Morgan fingerprint density at radius 3 is 2.75 bits per heavy atom. The van der Waals surface area contributed by atoms with Gasteiger partial charge in [0.1, 0.15) is 17.3 Å². The van der Waals surface area contributed by atoms with E-state index in [1.165, 1.54) is 23.6 Å². The molecule has 0 spiro atoms. The zero-order chi connectivity index (χ0) is 16.9. The van der Waals surface area contributed by atoms with Gasteiger partial charge < -0.3 is 10.5 Å². The molecule has 3 aromatic rings. The Bertz CT molecular complexity index is 882. The van der Waals surface area contributed by atoms with Crippen molar-refractivity contribution in [2.24, 2.45) is 5.10 Å². The fourth-order valence-electron chi connectivity index (χ4n) is 1.84. The number of nitrogen functional groups attached to an aromatic ring is 1. The zero-order valence-electron chi connectivity index (χ0n) is 12.2. The molecule has 0 aliphatic carbocycles. The van der Waals surface area contributed by atoms with Gasteiger partial charge in [0, 0.05) is 17.0 Å². The highest BCUT2D eigenvalue weighted by Gasteiger charge is 2.06. The number of thiazole rings is 1. The van der Waals surface area contributed by atoms with Crippen molar-refractivity contribution in [2.75, 3.05) is 11.2 Å². The molecule has 24 heavy (non-hydrogen) atoms. The molecule has 0 radical (unpaired) electrons. The number of hydrazone groups is 1. The first kappa shape index (κ1) is 15.9. The summed E-state index contributed by atoms with van der Waals surface area (Å²) in [6.07, 6.45) is 1.53. The number of nitrogens with two attached hydrogens (primary N) is 1. The average Bonchev–Trinajstić information content (AvgIpc) is 2.98. The van der Waals surface area contributed by atoms with Gasteiger partial charge in [-0.3, -0.25) is 5.43 Å². The maximum absolute atomic E-state index is 13.3. The molecule has 0 saturated heterocycles. The Kier molecular flexibility index (Phi) is 4.66. The molecule has 0 aliphatic heterocycles. The van der Waals surface area contributed by atoms with Gasteiger partial charge in [-0.15, -0.1) is 11.3 Å². The molecular formula is C16H12F2N4OS. The Morgan fingerprint density at radius 2 is 2.00 bits per heavy atom. The molecule has 0 amide bonds. The Morgan fingerprint density at radius 1 is 1.17 bits per heavy atom. The van der Waals surface area contributed by atoms with Gasteiger partial charge in [0.15, 0.2) is 11.6 Å². The molecule has 0 atom stereocenters. The maximum Gasteiger partial charge on any atom is 0.205 e. The molecule has 0 fully saturated rings. The topological polar surface area (TPSA) is 72.5 Å². The zero-order valence-corrected chi connectivity index (χ0v) is 13.1. The number of benzene rings is 2. The molecule has 0 unspecified atom stereocenters. The molecule has 0 saturated carbocycles. The van der Waals surface area contributed by atoms with Gasteiger partial charge in [-0.1, -0.05) is 12.1 Å². The molecule has 3 rings (SSSR count). The number of rotatable bonds is 5. The predicted molar refractivity (Wildman–Crippen MR) is 90.6 cm³/mol. The highest BCUT2D eigenvalue weighted by atomic mass is 32.1. The molecule has 8 heteroatoms. The number of anilines is 2. The third kappa shape index (κ3) is 3.85. The first-order valence-electron chi connectivity index (χ1n) is 6.84. The summed E-state index contributed by atoms with van der Waals surface area (Å²) < 4.78 is 31.8. The van der Waals surface area contributed by atoms with Crippen LogP contribution in [0.5, 0.6) is 11.5 Å². The third-order valence-corrected chi connectivity index (χ3v) is 3.69. The smallest absolute Gasteiger partial charge is 0.205 e. The minimum atomic E-state index is -0.971. The summed E-state index contributed by atoms with van der Waals surface area (Å²) in [5.74, 6) is -0.839. The first-order valence-corrected chi connectivity index (χ1v) is 7.72. The molecule has 122 valence electrons. The van der Waals surface area contributed by atoms with Crippen LogP contribution in [0, 0.1) is 11.6 Å². The van der Waals surface area contributed by atoms with Crippen molar-refractivity contribution in [3.05, 3.63) is 65.0 Å². The summed E-state index contributed by atoms with van der Waals surface area (Å²) in [6, 6.07) is 10.4. The maximum atomic E-state index is 13.3. The van der Waals surface area contributed by atoms with E-state index in [0.717, 1.165) is 12.1 Å². The average molecular weight is 346 g/mol. The summed E-state index contributed by atoms with van der Waals surface area (Å²) in [4.78, 5) is 4.01. The fraction of sp³-hybridized carbons (Fsp3) is 0. The lowest BCUT2D eigenvalue weighted by Gasteiger charge is -2.08. The number of nitrogens with one attached hydrogen (secondary N) is 1. The number of para-hydroxylation sites is 1. The molecule has 3 N–H and O–H groups in total. The van der Waals surface area contributed by atoms with Crippen LogP contribution in [0.1, 0.15) is 5.56 Å². The van der Waals surface area contributed by atoms with Gasteiger partial charge in [-0.05, 0) is 24.3 Å². The van der Waals surface area contributed by atoms with Crippen LogP contribution in [0.25, 0.3) is 0 Å². The minimum Gasteiger partial charge on any atom is -0.457 e. The number of ether oxygens (including phenoxy) is 1. The number of hydrogen-bond acceptors (Lipinski definition) is 6. The fourth-order valence-corrected chi connectivity index (χ4v) is 2.39. The van der Waals surface area contributed by atoms with Crippen molar-refractivity contribution in [3.8, 4) is 11.5 Å². The van der Waals surface area contributed by atoms with Gasteiger partial charge in [0.05, 0.1) is 6.21 Å². The van der Waals surface area contributed by atoms with Gasteiger partial charge in [0.2, 0.25) is 5.13 Å². The van der Waals surface area contributed by atoms with E-state index in [9.17, 15) is 8.78 Å². The van der Waals surface area contributed by atoms with Crippen LogP contribution in [0.15, 0.2) is 52.9 Å². The van der Waals surface area contributed by atoms with Gasteiger partial charge in [0.25, 0.3) is 0 Å². The molecule has 0 aliphatic rings. The normalized spacial score (nSPS) is 10.9. The van der Waals surface area contributed by atoms with Crippen LogP contribution in [-0.4, -0.2) is 11.2 Å². The molecule has 1 aromatic heterocycles. The van der Waals surface area contributed by atoms with Gasteiger partial charge in [-0.2, -0.15) is 5.10 Å². The number of aromatic nitrogens is 1. The lowest BCUT2D eigenvalue weighted by atomic mass is 10.2. The van der Waals surface area contributed by atoms with Crippen LogP contribution in [0.3, 0.4) is 0 Å². The Balaban J connectivity index is 1.76. The van der Waals surface area contributed by atoms with Crippen molar-refractivity contribution in [1.29, 1.82) is 0 Å². The Labute approximate surface area is 140 Å². The van der Waals surface area contributed by atoms with Crippen molar-refractivity contribution in [3.63, 3.8) is 0 Å². The van der Waals surface area contributed by atoms with E-state index in [4.69, 9.17) is 10.5 Å². The Hall–Kier alpha value is -3.00. The van der Waals surface area contributed by atoms with Crippen LogP contribution >= 0.6 is 11.3 Å². The SMILES string of the molecule is Nc1csc(NN=Cc2ccccc2Oc2ccc(F)c(F)c2)n1. The summed E-state index contributed by atoms with van der Waals surface area (Å²) >= 11 is 1.33. The highest BCUT2D eigenvalue weighted by Crippen LogP contribution is 2.25. The quantitative estimate of drug-likeness (QED) is 0.535. The van der Waals surface area contributed by atoms with Crippen molar-refractivity contribution < 1.29 is 13.5 Å². The van der Waals surface area contributed by atoms with Crippen molar-refractivity contribution in [2.45, 2.75) is 0 Å². The number of hydrogen-bond donors (Lipinski definition) is 2. The number of nitrogens with zero attached hydrogens (tertiary/aromatic N) is 2. The molecule has 1 heterocycles. The van der Waals surface area contributed by atoms with Crippen LogP contribution in [0.2, 0.25) is 0 Å². The minimum absolute atomic E-state index is 0.190. The molecule has 2 aromatic carbocycles. The van der Waals surface area contributed by atoms with Crippen molar-refractivity contribution in [1.82, 2.24) is 4.98 Å². The summed E-state index contributed by atoms with van der Waals surface area (Å²) in [7, 11) is 0. The third-order valence-electron chi connectivity index (χ3n) is 2.92. The predicted octanol–water partition coefficient (Wildman–Crippen LogP) is 4.24. The molecular weight excluding hydrogens is 334 g/mol. The van der Waals surface area contributed by atoms with Crippen LogP contribution in [0.4, 0.5) is 19.7 Å².